The Kier molecular flexibility index (Phi) is 10.9. The van der Waals surface area contributed by atoms with Gasteiger partial charge in [-0.15, -0.1) is 0 Å². The fourth-order valence-electron chi connectivity index (χ4n) is 5.95. The van der Waals surface area contributed by atoms with Crippen molar-refractivity contribution in [3.8, 4) is 5.75 Å². The van der Waals surface area contributed by atoms with Gasteiger partial charge in [-0.2, -0.15) is 0 Å². The zero-order chi connectivity index (χ0) is 25.2. The Morgan fingerprint density at radius 3 is 2.60 bits per heavy atom. The van der Waals surface area contributed by atoms with Crippen LogP contribution in [-0.4, -0.2) is 43.0 Å². The van der Waals surface area contributed by atoms with Gasteiger partial charge in [-0.1, -0.05) is 51.7 Å². The average Bonchev–Trinajstić information content (AvgIpc) is 3.18. The zero-order valence-electron chi connectivity index (χ0n) is 21.8. The van der Waals surface area contributed by atoms with Crippen molar-refractivity contribution in [2.75, 3.05) is 13.7 Å². The number of ether oxygens (including phenoxy) is 3. The van der Waals surface area contributed by atoms with Crippen molar-refractivity contribution in [2.45, 2.75) is 103 Å². The number of hydrogen-bond acceptors (Lipinski definition) is 6. The maximum absolute atomic E-state index is 12.5. The van der Waals surface area contributed by atoms with Gasteiger partial charge < -0.3 is 19.3 Å². The summed E-state index contributed by atoms with van der Waals surface area (Å²) in [7, 11) is 1.36. The zero-order valence-corrected chi connectivity index (χ0v) is 21.8. The third kappa shape index (κ3) is 7.70. The van der Waals surface area contributed by atoms with E-state index in [1.54, 1.807) is 0 Å². The molecule has 196 valence electrons. The lowest BCUT2D eigenvalue weighted by Gasteiger charge is -2.32. The normalized spacial score (nSPS) is 23.8. The van der Waals surface area contributed by atoms with Crippen molar-refractivity contribution in [3.63, 3.8) is 0 Å². The van der Waals surface area contributed by atoms with E-state index in [1.165, 1.54) is 12.7 Å². The first-order valence-electron chi connectivity index (χ1n) is 13.6. The van der Waals surface area contributed by atoms with E-state index in [4.69, 9.17) is 14.2 Å². The molecule has 0 heterocycles. The first-order valence-corrected chi connectivity index (χ1v) is 13.6. The molecule has 6 heteroatoms. The van der Waals surface area contributed by atoms with Crippen molar-refractivity contribution in [1.29, 1.82) is 0 Å². The number of esters is 2. The fraction of sp³-hybridized carbons (Fsp3) is 0.724. The Balaban J connectivity index is 1.71. The number of hydrogen-bond donors (Lipinski definition) is 1. The molecule has 2 aliphatic rings. The number of benzene rings is 1. The van der Waals surface area contributed by atoms with Crippen LogP contribution in [0.4, 0.5) is 0 Å². The molecule has 1 N–H and O–H groups in total. The van der Waals surface area contributed by atoms with Gasteiger partial charge in [-0.3, -0.25) is 4.79 Å². The number of aliphatic hydroxyl groups excluding tert-OH is 1. The van der Waals surface area contributed by atoms with Crippen LogP contribution < -0.4 is 4.74 Å². The van der Waals surface area contributed by atoms with E-state index in [0.29, 0.717) is 18.3 Å². The van der Waals surface area contributed by atoms with E-state index in [1.807, 2.05) is 12.1 Å². The smallest absolute Gasteiger partial charge is 0.343 e. The molecule has 0 amide bonds. The molecule has 0 spiro atoms. The van der Waals surface area contributed by atoms with Crippen LogP contribution in [0.15, 0.2) is 18.2 Å². The van der Waals surface area contributed by atoms with Gasteiger partial charge in [0.25, 0.3) is 0 Å². The highest BCUT2D eigenvalue weighted by Crippen LogP contribution is 2.49. The standard InChI is InChI=1S/C29H44O6/c1-4-6-8-11-22(30)14-15-23-24-16-20-10-9-12-26(34-19-29(32)33-3)25(20)17-21(24)18-27(23)35-28(31)13-7-5-2/h9-10,12,21-24,27,30H,4-8,11,13-19H2,1-3H3. The molecule has 3 rings (SSSR count). The highest BCUT2D eigenvalue weighted by atomic mass is 16.6. The molecule has 6 nitrogen and oxygen atoms in total. The molecule has 0 bridgehead atoms. The summed E-state index contributed by atoms with van der Waals surface area (Å²) >= 11 is 0. The highest BCUT2D eigenvalue weighted by molar-refractivity contribution is 5.71. The lowest BCUT2D eigenvalue weighted by atomic mass is 9.73. The van der Waals surface area contributed by atoms with Crippen LogP contribution in [0.2, 0.25) is 0 Å². The molecule has 0 aromatic heterocycles. The third-order valence-electron chi connectivity index (χ3n) is 7.88. The molecule has 0 radical (unpaired) electrons. The Labute approximate surface area is 210 Å². The van der Waals surface area contributed by atoms with E-state index in [-0.39, 0.29) is 30.7 Å². The summed E-state index contributed by atoms with van der Waals surface area (Å²) in [4.78, 5) is 24.1. The van der Waals surface area contributed by atoms with Gasteiger partial charge in [0.1, 0.15) is 11.9 Å². The number of aliphatic hydroxyl groups is 1. The Hall–Kier alpha value is -2.08. The summed E-state index contributed by atoms with van der Waals surface area (Å²) in [5, 5.41) is 10.6. The summed E-state index contributed by atoms with van der Waals surface area (Å²) in [5.74, 6) is 1.34. The molecule has 35 heavy (non-hydrogen) atoms. The lowest BCUT2D eigenvalue weighted by molar-refractivity contribution is -0.151. The monoisotopic (exact) mass is 488 g/mol. The van der Waals surface area contributed by atoms with Crippen LogP contribution in [0.25, 0.3) is 0 Å². The second-order valence-electron chi connectivity index (χ2n) is 10.3. The van der Waals surface area contributed by atoms with Gasteiger partial charge in [0.2, 0.25) is 0 Å². The number of unbranched alkanes of at least 4 members (excludes halogenated alkanes) is 3. The fourth-order valence-corrected chi connectivity index (χ4v) is 5.95. The number of rotatable bonds is 14. The number of methoxy groups -OCH3 is 1. The number of fused-ring (bicyclic) bond motifs is 2. The minimum absolute atomic E-state index is 0.0917. The first kappa shape index (κ1) is 27.5. The molecule has 1 aromatic carbocycles. The van der Waals surface area contributed by atoms with Crippen LogP contribution in [0.5, 0.6) is 5.75 Å². The molecule has 5 atom stereocenters. The van der Waals surface area contributed by atoms with Crippen molar-refractivity contribution in [3.05, 3.63) is 29.3 Å². The quantitative estimate of drug-likeness (QED) is 0.278. The van der Waals surface area contributed by atoms with Gasteiger partial charge in [-0.05, 0) is 79.9 Å². The van der Waals surface area contributed by atoms with Crippen LogP contribution in [-0.2, 0) is 31.9 Å². The van der Waals surface area contributed by atoms with Gasteiger partial charge >= 0.3 is 11.9 Å². The van der Waals surface area contributed by atoms with E-state index < -0.39 is 5.97 Å². The highest BCUT2D eigenvalue weighted by Gasteiger charge is 2.47. The summed E-state index contributed by atoms with van der Waals surface area (Å²) in [5.41, 5.74) is 2.41. The average molecular weight is 489 g/mol. The molecule has 1 saturated carbocycles. The summed E-state index contributed by atoms with van der Waals surface area (Å²) in [6.07, 6.45) is 10.4. The van der Waals surface area contributed by atoms with E-state index in [9.17, 15) is 14.7 Å². The minimum Gasteiger partial charge on any atom is -0.482 e. The van der Waals surface area contributed by atoms with Gasteiger partial charge in [-0.25, -0.2) is 4.79 Å². The van der Waals surface area contributed by atoms with Crippen LogP contribution in [0.3, 0.4) is 0 Å². The van der Waals surface area contributed by atoms with Crippen LogP contribution in [0.1, 0.15) is 89.2 Å². The Morgan fingerprint density at radius 1 is 1.06 bits per heavy atom. The van der Waals surface area contributed by atoms with Crippen molar-refractivity contribution in [2.24, 2.45) is 17.8 Å². The minimum atomic E-state index is -0.395. The van der Waals surface area contributed by atoms with Crippen LogP contribution >= 0.6 is 0 Å². The molecule has 5 unspecified atom stereocenters. The second-order valence-corrected chi connectivity index (χ2v) is 10.3. The van der Waals surface area contributed by atoms with Crippen molar-refractivity contribution in [1.82, 2.24) is 0 Å². The SMILES string of the molecule is CCCCCC(O)CCC1C(OC(=O)CCCC)CC2Cc3c(cccc3OCC(=O)OC)CC21. The van der Waals surface area contributed by atoms with Crippen molar-refractivity contribution < 1.29 is 28.9 Å². The lowest BCUT2D eigenvalue weighted by Crippen LogP contribution is -2.30. The molecule has 1 aromatic rings. The maximum atomic E-state index is 12.5. The third-order valence-corrected chi connectivity index (χ3v) is 7.88. The second kappa shape index (κ2) is 13.9. The molecular formula is C29H44O6. The predicted octanol–water partition coefficient (Wildman–Crippen LogP) is 5.41. The molecule has 2 aliphatic carbocycles. The van der Waals surface area contributed by atoms with Gasteiger partial charge in [0, 0.05) is 6.42 Å². The summed E-state index contributed by atoms with van der Waals surface area (Å²) < 4.78 is 16.6. The topological polar surface area (TPSA) is 82.1 Å². The maximum Gasteiger partial charge on any atom is 0.343 e. The number of carbonyl (C=O) groups excluding carboxylic acids is 2. The van der Waals surface area contributed by atoms with E-state index >= 15 is 0 Å². The largest absolute Gasteiger partial charge is 0.482 e. The predicted molar refractivity (Wildman–Crippen MR) is 135 cm³/mol. The molecule has 0 saturated heterocycles. The molecule has 1 fully saturated rings. The van der Waals surface area contributed by atoms with Crippen LogP contribution in [0, 0.1) is 17.8 Å². The molecular weight excluding hydrogens is 444 g/mol. The van der Waals surface area contributed by atoms with Gasteiger partial charge in [0.05, 0.1) is 13.2 Å². The summed E-state index contributed by atoms with van der Waals surface area (Å²) in [6.45, 7) is 4.16. The van der Waals surface area contributed by atoms with Gasteiger partial charge in [0.15, 0.2) is 6.61 Å². The Bertz CT molecular complexity index is 821. The van der Waals surface area contributed by atoms with Crippen molar-refractivity contribution >= 4 is 11.9 Å². The van der Waals surface area contributed by atoms with E-state index in [0.717, 1.165) is 81.9 Å². The van der Waals surface area contributed by atoms with E-state index in [2.05, 4.69) is 19.9 Å². The number of carbonyl (C=O) groups is 2. The Morgan fingerprint density at radius 2 is 1.86 bits per heavy atom. The first-order chi connectivity index (χ1) is 17.0. The molecule has 0 aliphatic heterocycles. The summed E-state index contributed by atoms with van der Waals surface area (Å²) in [6, 6.07) is 6.05.